The topological polar surface area (TPSA) is 55.6 Å². The van der Waals surface area contributed by atoms with Crippen LogP contribution in [0, 0.1) is 13.8 Å². The standard InChI is InChI=1S/C23H23N3O2S/c1-15-5-4-6-16(2)22(15)25-21(27)12-9-18-14-29-23-24-20(13-26(18)23)17-7-10-19(28-3)11-8-17/h4-8,10-11,13-14H,9,12H2,1-3H3,(H,25,27). The minimum atomic E-state index is 0.0252. The molecule has 4 aromatic rings. The molecule has 0 aliphatic rings. The number of aryl methyl sites for hydroxylation is 3. The van der Waals surface area contributed by atoms with Gasteiger partial charge in [-0.25, -0.2) is 4.98 Å². The predicted molar refractivity (Wildman–Crippen MR) is 118 cm³/mol. The van der Waals surface area contributed by atoms with Crippen LogP contribution in [-0.2, 0) is 11.2 Å². The summed E-state index contributed by atoms with van der Waals surface area (Å²) in [6, 6.07) is 13.9. The summed E-state index contributed by atoms with van der Waals surface area (Å²) in [4.78, 5) is 18.1. The molecule has 0 spiro atoms. The highest BCUT2D eigenvalue weighted by Gasteiger charge is 2.12. The maximum atomic E-state index is 12.5. The van der Waals surface area contributed by atoms with Crippen LogP contribution >= 0.6 is 11.3 Å². The van der Waals surface area contributed by atoms with Crippen LogP contribution in [0.3, 0.4) is 0 Å². The Bertz CT molecular complexity index is 1140. The van der Waals surface area contributed by atoms with E-state index in [9.17, 15) is 4.79 Å². The number of nitrogens with zero attached hydrogens (tertiary/aromatic N) is 2. The first-order valence-corrected chi connectivity index (χ1v) is 10.4. The van der Waals surface area contributed by atoms with Crippen molar-refractivity contribution in [2.24, 2.45) is 0 Å². The quantitative estimate of drug-likeness (QED) is 0.476. The Morgan fingerprint density at radius 3 is 2.55 bits per heavy atom. The zero-order valence-electron chi connectivity index (χ0n) is 16.7. The summed E-state index contributed by atoms with van der Waals surface area (Å²) < 4.78 is 7.30. The summed E-state index contributed by atoms with van der Waals surface area (Å²) in [6.45, 7) is 4.02. The van der Waals surface area contributed by atoms with E-state index >= 15 is 0 Å². The average molecular weight is 406 g/mol. The number of anilines is 1. The molecule has 0 saturated carbocycles. The highest BCUT2D eigenvalue weighted by Crippen LogP contribution is 2.26. The highest BCUT2D eigenvalue weighted by molar-refractivity contribution is 7.15. The molecule has 0 radical (unpaired) electrons. The van der Waals surface area contributed by atoms with Crippen LogP contribution in [0.4, 0.5) is 5.69 Å². The van der Waals surface area contributed by atoms with Gasteiger partial charge in [0.1, 0.15) is 5.75 Å². The van der Waals surface area contributed by atoms with E-state index in [4.69, 9.17) is 9.72 Å². The van der Waals surface area contributed by atoms with E-state index in [-0.39, 0.29) is 5.91 Å². The normalized spacial score (nSPS) is 11.0. The lowest BCUT2D eigenvalue weighted by Gasteiger charge is -2.11. The van der Waals surface area contributed by atoms with Crippen molar-refractivity contribution in [2.75, 3.05) is 12.4 Å². The smallest absolute Gasteiger partial charge is 0.224 e. The number of rotatable bonds is 6. The van der Waals surface area contributed by atoms with Gasteiger partial charge in [-0.05, 0) is 55.7 Å². The number of ether oxygens (including phenoxy) is 1. The lowest BCUT2D eigenvalue weighted by molar-refractivity contribution is -0.116. The zero-order valence-corrected chi connectivity index (χ0v) is 17.5. The number of aromatic nitrogens is 2. The third kappa shape index (κ3) is 4.03. The summed E-state index contributed by atoms with van der Waals surface area (Å²) in [5.74, 6) is 0.850. The number of para-hydroxylation sites is 1. The molecular formula is C23H23N3O2S. The van der Waals surface area contributed by atoms with Gasteiger partial charge in [0.25, 0.3) is 0 Å². The number of carbonyl (C=O) groups excluding carboxylic acids is 1. The Hall–Kier alpha value is -3.12. The van der Waals surface area contributed by atoms with Crippen LogP contribution in [0.15, 0.2) is 54.0 Å². The molecule has 0 saturated heterocycles. The molecule has 0 atom stereocenters. The van der Waals surface area contributed by atoms with Crippen molar-refractivity contribution in [1.82, 2.24) is 9.38 Å². The number of amides is 1. The van der Waals surface area contributed by atoms with E-state index in [2.05, 4.69) is 15.1 Å². The summed E-state index contributed by atoms with van der Waals surface area (Å²) in [7, 11) is 1.66. The number of carbonyl (C=O) groups is 1. The Kier molecular flexibility index (Phi) is 5.36. The number of nitrogens with one attached hydrogen (secondary N) is 1. The number of hydrogen-bond donors (Lipinski definition) is 1. The van der Waals surface area contributed by atoms with Gasteiger partial charge in [-0.3, -0.25) is 9.20 Å². The van der Waals surface area contributed by atoms with E-state index in [1.807, 2.05) is 62.5 Å². The largest absolute Gasteiger partial charge is 0.497 e. The molecule has 0 bridgehead atoms. The molecule has 2 heterocycles. The second kappa shape index (κ2) is 8.09. The van der Waals surface area contributed by atoms with Crippen molar-refractivity contribution in [1.29, 1.82) is 0 Å². The number of benzene rings is 2. The van der Waals surface area contributed by atoms with Crippen LogP contribution in [0.2, 0.25) is 0 Å². The maximum absolute atomic E-state index is 12.5. The lowest BCUT2D eigenvalue weighted by atomic mass is 10.1. The third-order valence-electron chi connectivity index (χ3n) is 5.02. The molecule has 148 valence electrons. The number of methoxy groups -OCH3 is 1. The molecule has 1 N–H and O–H groups in total. The molecule has 2 aromatic carbocycles. The zero-order chi connectivity index (χ0) is 20.4. The minimum Gasteiger partial charge on any atom is -0.497 e. The van der Waals surface area contributed by atoms with Crippen molar-refractivity contribution in [3.8, 4) is 17.0 Å². The summed E-state index contributed by atoms with van der Waals surface area (Å²) in [5, 5.41) is 5.13. The van der Waals surface area contributed by atoms with Gasteiger partial charge in [0.2, 0.25) is 5.91 Å². The molecule has 0 fully saturated rings. The Labute approximate surface area is 174 Å². The van der Waals surface area contributed by atoms with Crippen LogP contribution < -0.4 is 10.1 Å². The van der Waals surface area contributed by atoms with E-state index in [1.165, 1.54) is 0 Å². The number of imidazole rings is 1. The maximum Gasteiger partial charge on any atom is 0.224 e. The molecule has 29 heavy (non-hydrogen) atoms. The average Bonchev–Trinajstić information content (AvgIpc) is 3.30. The van der Waals surface area contributed by atoms with Gasteiger partial charge in [-0.2, -0.15) is 0 Å². The molecule has 1 amide bonds. The minimum absolute atomic E-state index is 0.0252. The first-order valence-electron chi connectivity index (χ1n) is 9.51. The third-order valence-corrected chi connectivity index (χ3v) is 5.91. The summed E-state index contributed by atoms with van der Waals surface area (Å²) in [5.41, 5.74) is 6.12. The number of fused-ring (bicyclic) bond motifs is 1. The van der Waals surface area contributed by atoms with Gasteiger partial charge < -0.3 is 10.1 Å². The van der Waals surface area contributed by atoms with E-state index in [1.54, 1.807) is 18.4 Å². The predicted octanol–water partition coefficient (Wildman–Crippen LogP) is 5.26. The van der Waals surface area contributed by atoms with Crippen LogP contribution in [0.25, 0.3) is 16.2 Å². The Morgan fingerprint density at radius 2 is 1.86 bits per heavy atom. The van der Waals surface area contributed by atoms with E-state index in [0.29, 0.717) is 12.8 Å². The lowest BCUT2D eigenvalue weighted by Crippen LogP contribution is -2.14. The molecule has 0 aliphatic heterocycles. The van der Waals surface area contributed by atoms with Crippen LogP contribution in [-0.4, -0.2) is 22.4 Å². The van der Waals surface area contributed by atoms with Crippen molar-refractivity contribution < 1.29 is 9.53 Å². The van der Waals surface area contributed by atoms with Crippen molar-refractivity contribution >= 4 is 27.9 Å². The van der Waals surface area contributed by atoms with E-state index in [0.717, 1.165) is 44.5 Å². The second-order valence-electron chi connectivity index (χ2n) is 7.05. The highest BCUT2D eigenvalue weighted by atomic mass is 32.1. The fraction of sp³-hybridized carbons (Fsp3) is 0.217. The first kappa shape index (κ1) is 19.2. The summed E-state index contributed by atoms with van der Waals surface area (Å²) in [6.07, 6.45) is 3.12. The fourth-order valence-electron chi connectivity index (χ4n) is 3.37. The number of thiazole rings is 1. The van der Waals surface area contributed by atoms with Gasteiger partial charge in [0.15, 0.2) is 4.96 Å². The molecular weight excluding hydrogens is 382 g/mol. The SMILES string of the molecule is COc1ccc(-c2cn3c(CCC(=O)Nc4c(C)cccc4C)csc3n2)cc1. The van der Waals surface area contributed by atoms with Crippen molar-refractivity contribution in [3.05, 3.63) is 70.9 Å². The molecule has 0 aliphatic carbocycles. The second-order valence-corrected chi connectivity index (χ2v) is 7.89. The van der Waals surface area contributed by atoms with Gasteiger partial charge in [0, 0.05) is 34.9 Å². The Balaban J connectivity index is 1.47. The van der Waals surface area contributed by atoms with Gasteiger partial charge in [0.05, 0.1) is 12.8 Å². The van der Waals surface area contributed by atoms with Gasteiger partial charge >= 0.3 is 0 Å². The molecule has 4 rings (SSSR count). The van der Waals surface area contributed by atoms with Crippen molar-refractivity contribution in [2.45, 2.75) is 26.7 Å². The van der Waals surface area contributed by atoms with Crippen molar-refractivity contribution in [3.63, 3.8) is 0 Å². The molecule has 0 unspecified atom stereocenters. The van der Waals surface area contributed by atoms with Crippen LogP contribution in [0.1, 0.15) is 23.2 Å². The fourth-order valence-corrected chi connectivity index (χ4v) is 4.27. The number of hydrogen-bond acceptors (Lipinski definition) is 4. The monoisotopic (exact) mass is 405 g/mol. The molecule has 5 nitrogen and oxygen atoms in total. The summed E-state index contributed by atoms with van der Waals surface area (Å²) >= 11 is 1.59. The van der Waals surface area contributed by atoms with Crippen LogP contribution in [0.5, 0.6) is 5.75 Å². The molecule has 2 aromatic heterocycles. The Morgan fingerprint density at radius 1 is 1.14 bits per heavy atom. The molecule has 6 heteroatoms. The van der Waals surface area contributed by atoms with Gasteiger partial charge in [-0.1, -0.05) is 18.2 Å². The van der Waals surface area contributed by atoms with Gasteiger partial charge in [-0.15, -0.1) is 11.3 Å². The first-order chi connectivity index (χ1) is 14.0. The van der Waals surface area contributed by atoms with E-state index < -0.39 is 0 Å².